The normalized spacial score (nSPS) is 14.7. The molecule has 0 bridgehead atoms. The molecular weight excluding hydrogens is 232 g/mol. The van der Waals surface area contributed by atoms with Crippen molar-refractivity contribution in [1.82, 2.24) is 5.32 Å². The van der Waals surface area contributed by atoms with E-state index in [4.69, 9.17) is 9.84 Å². The molecule has 5 nitrogen and oxygen atoms in total. The van der Waals surface area contributed by atoms with E-state index in [1.165, 1.54) is 0 Å². The van der Waals surface area contributed by atoms with Crippen LogP contribution in [-0.2, 0) is 10.2 Å². The van der Waals surface area contributed by atoms with Crippen LogP contribution in [0.2, 0.25) is 0 Å². The first-order valence-corrected chi connectivity index (χ1v) is 5.92. The fourth-order valence-corrected chi connectivity index (χ4v) is 1.97. The van der Waals surface area contributed by atoms with Crippen molar-refractivity contribution in [2.75, 3.05) is 25.2 Å². The van der Waals surface area contributed by atoms with Crippen molar-refractivity contribution in [3.63, 3.8) is 0 Å². The van der Waals surface area contributed by atoms with Gasteiger partial charge in [0.15, 0.2) is 6.61 Å². The standard InChI is InChI=1S/C13H18N2O3/c1-13(2,7-14-8-16)9-3-4-11-10(5-9)15-12(17)6-18-11/h3-5,14,16H,6-8H2,1-2H3,(H,15,17). The molecule has 0 saturated carbocycles. The van der Waals surface area contributed by atoms with Crippen molar-refractivity contribution in [2.24, 2.45) is 0 Å². The predicted octanol–water partition coefficient (Wildman–Crippen LogP) is 0.835. The number of nitrogens with one attached hydrogen (secondary N) is 2. The average Bonchev–Trinajstić information content (AvgIpc) is 2.35. The monoisotopic (exact) mass is 250 g/mol. The summed E-state index contributed by atoms with van der Waals surface area (Å²) in [6.07, 6.45) is 0. The molecular formula is C13H18N2O3. The molecule has 1 aromatic carbocycles. The van der Waals surface area contributed by atoms with Gasteiger partial charge in [0, 0.05) is 12.0 Å². The SMILES string of the molecule is CC(C)(CNCO)c1ccc2c(c1)NC(=O)CO2. The van der Waals surface area contributed by atoms with Crippen LogP contribution in [0.5, 0.6) is 5.75 Å². The Hall–Kier alpha value is -1.59. The van der Waals surface area contributed by atoms with Crippen LogP contribution in [0.1, 0.15) is 19.4 Å². The van der Waals surface area contributed by atoms with E-state index in [1.807, 2.05) is 18.2 Å². The predicted molar refractivity (Wildman–Crippen MR) is 68.7 cm³/mol. The number of aliphatic hydroxyl groups is 1. The van der Waals surface area contributed by atoms with Crippen LogP contribution in [0, 0.1) is 0 Å². The van der Waals surface area contributed by atoms with Gasteiger partial charge in [0.2, 0.25) is 0 Å². The van der Waals surface area contributed by atoms with Crippen molar-refractivity contribution >= 4 is 11.6 Å². The molecule has 1 aliphatic rings. The molecule has 3 N–H and O–H groups in total. The number of hydrogen-bond donors (Lipinski definition) is 3. The molecule has 0 atom stereocenters. The molecule has 18 heavy (non-hydrogen) atoms. The van der Waals surface area contributed by atoms with Crippen molar-refractivity contribution < 1.29 is 14.6 Å². The number of ether oxygens (including phenoxy) is 1. The van der Waals surface area contributed by atoms with Gasteiger partial charge in [-0.3, -0.25) is 10.1 Å². The van der Waals surface area contributed by atoms with Gasteiger partial charge in [-0.1, -0.05) is 19.9 Å². The molecule has 1 heterocycles. The zero-order chi connectivity index (χ0) is 13.2. The number of rotatable bonds is 4. The summed E-state index contributed by atoms with van der Waals surface area (Å²) >= 11 is 0. The first-order valence-electron chi connectivity index (χ1n) is 5.92. The maximum absolute atomic E-state index is 11.3. The molecule has 2 rings (SSSR count). The van der Waals surface area contributed by atoms with Gasteiger partial charge in [-0.15, -0.1) is 0 Å². The van der Waals surface area contributed by atoms with Gasteiger partial charge in [0.25, 0.3) is 5.91 Å². The Labute approximate surface area is 106 Å². The quantitative estimate of drug-likeness (QED) is 0.692. The van der Waals surface area contributed by atoms with Gasteiger partial charge < -0.3 is 15.2 Å². The van der Waals surface area contributed by atoms with E-state index in [0.29, 0.717) is 18.0 Å². The van der Waals surface area contributed by atoms with Crippen LogP contribution >= 0.6 is 0 Å². The molecule has 98 valence electrons. The van der Waals surface area contributed by atoms with E-state index in [2.05, 4.69) is 24.5 Å². The lowest BCUT2D eigenvalue weighted by molar-refractivity contribution is -0.118. The third-order valence-electron chi connectivity index (χ3n) is 3.07. The summed E-state index contributed by atoms with van der Waals surface area (Å²) < 4.78 is 5.32. The number of fused-ring (bicyclic) bond motifs is 1. The van der Waals surface area contributed by atoms with E-state index in [1.54, 1.807) is 0 Å². The highest BCUT2D eigenvalue weighted by molar-refractivity contribution is 5.95. The molecule has 0 radical (unpaired) electrons. The summed E-state index contributed by atoms with van der Waals surface area (Å²) in [5.74, 6) is 0.565. The number of anilines is 1. The number of carbonyl (C=O) groups excluding carboxylic acids is 1. The van der Waals surface area contributed by atoms with Gasteiger partial charge in [0.1, 0.15) is 5.75 Å². The number of amides is 1. The molecule has 1 amide bonds. The van der Waals surface area contributed by atoms with Crippen LogP contribution in [0.25, 0.3) is 0 Å². The lowest BCUT2D eigenvalue weighted by Crippen LogP contribution is -2.34. The average molecular weight is 250 g/mol. The Bertz CT molecular complexity index is 458. The summed E-state index contributed by atoms with van der Waals surface area (Å²) in [6, 6.07) is 5.77. The van der Waals surface area contributed by atoms with Gasteiger partial charge in [-0.05, 0) is 17.7 Å². The minimum absolute atomic E-state index is 0.0474. The molecule has 0 spiro atoms. The highest BCUT2D eigenvalue weighted by atomic mass is 16.5. The van der Waals surface area contributed by atoms with Crippen LogP contribution in [0.15, 0.2) is 18.2 Å². The van der Waals surface area contributed by atoms with E-state index in [-0.39, 0.29) is 24.7 Å². The van der Waals surface area contributed by atoms with Crippen molar-refractivity contribution in [2.45, 2.75) is 19.3 Å². The van der Waals surface area contributed by atoms with Crippen LogP contribution in [0.4, 0.5) is 5.69 Å². The third-order valence-corrected chi connectivity index (χ3v) is 3.07. The first kappa shape index (κ1) is 12.9. The Morgan fingerprint density at radius 1 is 1.50 bits per heavy atom. The Morgan fingerprint density at radius 3 is 3.00 bits per heavy atom. The Morgan fingerprint density at radius 2 is 2.28 bits per heavy atom. The van der Waals surface area contributed by atoms with E-state index in [9.17, 15) is 4.79 Å². The molecule has 1 aromatic rings. The Kier molecular flexibility index (Phi) is 3.54. The van der Waals surface area contributed by atoms with Gasteiger partial charge in [0.05, 0.1) is 12.4 Å². The fourth-order valence-electron chi connectivity index (χ4n) is 1.97. The second-order valence-electron chi connectivity index (χ2n) is 5.02. The molecule has 0 fully saturated rings. The van der Waals surface area contributed by atoms with Crippen LogP contribution < -0.4 is 15.4 Å². The fraction of sp³-hybridized carbons (Fsp3) is 0.462. The maximum atomic E-state index is 11.3. The number of benzene rings is 1. The number of carbonyl (C=O) groups is 1. The minimum atomic E-state index is -0.139. The summed E-state index contributed by atoms with van der Waals surface area (Å²) in [7, 11) is 0. The summed E-state index contributed by atoms with van der Waals surface area (Å²) in [5, 5.41) is 14.5. The molecule has 0 unspecified atom stereocenters. The smallest absolute Gasteiger partial charge is 0.262 e. The van der Waals surface area contributed by atoms with Crippen LogP contribution in [-0.4, -0.2) is 30.9 Å². The van der Waals surface area contributed by atoms with Crippen molar-refractivity contribution in [3.8, 4) is 5.75 Å². The molecule has 5 heteroatoms. The van der Waals surface area contributed by atoms with Gasteiger partial charge in [-0.2, -0.15) is 0 Å². The van der Waals surface area contributed by atoms with E-state index >= 15 is 0 Å². The number of aliphatic hydroxyl groups excluding tert-OH is 1. The third kappa shape index (κ3) is 2.63. The van der Waals surface area contributed by atoms with Gasteiger partial charge >= 0.3 is 0 Å². The second kappa shape index (κ2) is 4.96. The van der Waals surface area contributed by atoms with Crippen molar-refractivity contribution in [3.05, 3.63) is 23.8 Å². The lowest BCUT2D eigenvalue weighted by Gasteiger charge is -2.27. The molecule has 0 aromatic heterocycles. The topological polar surface area (TPSA) is 70.6 Å². The zero-order valence-corrected chi connectivity index (χ0v) is 10.6. The highest BCUT2D eigenvalue weighted by Gasteiger charge is 2.23. The zero-order valence-electron chi connectivity index (χ0n) is 10.6. The summed E-state index contributed by atoms with van der Waals surface area (Å²) in [6.45, 7) is 4.82. The molecule has 0 aliphatic carbocycles. The maximum Gasteiger partial charge on any atom is 0.262 e. The summed E-state index contributed by atoms with van der Waals surface area (Å²) in [5.41, 5.74) is 1.65. The van der Waals surface area contributed by atoms with Crippen molar-refractivity contribution in [1.29, 1.82) is 0 Å². The molecule has 0 saturated heterocycles. The highest BCUT2D eigenvalue weighted by Crippen LogP contribution is 2.33. The van der Waals surface area contributed by atoms with Crippen LogP contribution in [0.3, 0.4) is 0 Å². The Balaban J connectivity index is 2.24. The summed E-state index contributed by atoms with van der Waals surface area (Å²) in [4.78, 5) is 11.3. The number of hydrogen-bond acceptors (Lipinski definition) is 4. The second-order valence-corrected chi connectivity index (χ2v) is 5.02. The van der Waals surface area contributed by atoms with E-state index < -0.39 is 0 Å². The lowest BCUT2D eigenvalue weighted by atomic mass is 9.84. The molecule has 1 aliphatic heterocycles. The first-order chi connectivity index (χ1) is 8.53. The largest absolute Gasteiger partial charge is 0.482 e. The minimum Gasteiger partial charge on any atom is -0.482 e. The van der Waals surface area contributed by atoms with E-state index in [0.717, 1.165) is 5.56 Å². The van der Waals surface area contributed by atoms with Gasteiger partial charge in [-0.25, -0.2) is 0 Å².